The second-order valence-corrected chi connectivity index (χ2v) is 8.10. The smallest absolute Gasteiger partial charge is 0.206 e. The molecule has 20 heavy (non-hydrogen) atoms. The summed E-state index contributed by atoms with van der Waals surface area (Å²) in [6, 6.07) is 9.48. The summed E-state index contributed by atoms with van der Waals surface area (Å²) in [5.41, 5.74) is 2.96. The van der Waals surface area contributed by atoms with Crippen LogP contribution in [0.5, 0.6) is 0 Å². The van der Waals surface area contributed by atoms with Crippen molar-refractivity contribution in [1.29, 1.82) is 0 Å². The molecule has 1 heterocycles. The zero-order chi connectivity index (χ0) is 14.8. The van der Waals surface area contributed by atoms with E-state index in [0.717, 1.165) is 16.7 Å². The molecule has 0 bridgehead atoms. The first-order valence-electron chi connectivity index (χ1n) is 6.09. The minimum atomic E-state index is -3.44. The van der Waals surface area contributed by atoms with Crippen molar-refractivity contribution in [1.82, 2.24) is 4.31 Å². The van der Waals surface area contributed by atoms with Gasteiger partial charge >= 0.3 is 0 Å². The molecule has 1 aromatic heterocycles. The van der Waals surface area contributed by atoms with Crippen LogP contribution in [0.3, 0.4) is 0 Å². The average Bonchev–Trinajstić information content (AvgIpc) is 2.90. The highest BCUT2D eigenvalue weighted by atomic mass is 35.5. The van der Waals surface area contributed by atoms with Crippen molar-refractivity contribution in [3.8, 4) is 0 Å². The van der Waals surface area contributed by atoms with Crippen molar-refractivity contribution < 1.29 is 8.42 Å². The van der Waals surface area contributed by atoms with E-state index in [-0.39, 0.29) is 0 Å². The summed E-state index contributed by atoms with van der Waals surface area (Å²) < 4.78 is 26.6. The van der Waals surface area contributed by atoms with Gasteiger partial charge in [0.05, 0.1) is 0 Å². The topological polar surface area (TPSA) is 37.4 Å². The Hall–Kier alpha value is -0.880. The summed E-state index contributed by atoms with van der Waals surface area (Å²) >= 11 is 6.92. The summed E-state index contributed by atoms with van der Waals surface area (Å²) in [6.45, 7) is 2.36. The summed E-state index contributed by atoms with van der Waals surface area (Å²) in [4.78, 5) is 0. The predicted molar refractivity (Wildman–Crippen MR) is 83.7 cm³/mol. The minimum absolute atomic E-state index is 0.327. The van der Waals surface area contributed by atoms with Gasteiger partial charge in [-0.3, -0.25) is 0 Å². The molecule has 108 valence electrons. The molecular weight excluding hydrogens is 314 g/mol. The van der Waals surface area contributed by atoms with Gasteiger partial charge in [-0.2, -0.15) is 4.31 Å². The quantitative estimate of drug-likeness (QED) is 0.786. The number of nitrogens with zero attached hydrogens (tertiary/aromatic N) is 1. The molecule has 0 aliphatic carbocycles. The van der Waals surface area contributed by atoms with Crippen molar-refractivity contribution in [3.05, 3.63) is 52.4 Å². The fraction of sp³-hybridized carbons (Fsp3) is 0.286. The minimum Gasteiger partial charge on any atom is -0.206 e. The molecule has 6 heteroatoms. The number of benzene rings is 1. The van der Waals surface area contributed by atoms with E-state index in [9.17, 15) is 8.42 Å². The Morgan fingerprint density at radius 1 is 1.20 bits per heavy atom. The summed E-state index contributed by atoms with van der Waals surface area (Å²) in [5, 5.41) is 1.78. The molecule has 3 nitrogen and oxygen atoms in total. The second kappa shape index (κ2) is 6.26. The van der Waals surface area contributed by atoms with Crippen molar-refractivity contribution in [2.45, 2.75) is 23.6 Å². The van der Waals surface area contributed by atoms with Crippen molar-refractivity contribution >= 4 is 33.0 Å². The molecule has 0 fully saturated rings. The van der Waals surface area contributed by atoms with E-state index in [1.54, 1.807) is 18.5 Å². The molecule has 0 aliphatic rings. The number of alkyl halides is 1. The van der Waals surface area contributed by atoms with Crippen molar-refractivity contribution in [3.63, 3.8) is 0 Å². The zero-order valence-corrected chi connectivity index (χ0v) is 13.7. The molecule has 2 rings (SSSR count). The molecule has 0 N–H and O–H groups in total. The number of thiophene rings is 1. The van der Waals surface area contributed by atoms with Crippen LogP contribution in [0.4, 0.5) is 0 Å². The second-order valence-electron chi connectivity index (χ2n) is 4.65. The van der Waals surface area contributed by atoms with Crippen LogP contribution in [-0.4, -0.2) is 19.8 Å². The third kappa shape index (κ3) is 3.41. The first-order valence-corrected chi connectivity index (χ1v) is 8.94. The monoisotopic (exact) mass is 329 g/mol. The van der Waals surface area contributed by atoms with Crippen LogP contribution in [-0.2, 0) is 22.4 Å². The highest BCUT2D eigenvalue weighted by Gasteiger charge is 2.22. The summed E-state index contributed by atoms with van der Waals surface area (Å²) in [6.07, 6.45) is 0. The highest BCUT2D eigenvalue weighted by Crippen LogP contribution is 2.25. The summed E-state index contributed by atoms with van der Waals surface area (Å²) in [5.74, 6) is 0.327. The first kappa shape index (κ1) is 15.5. The van der Waals surface area contributed by atoms with Gasteiger partial charge in [0.2, 0.25) is 0 Å². The standard InChI is InChI=1S/C14H16ClNO2S2/c1-11-3-5-12(6-4-11)9-16(2)20(17,18)14-7-13(8-15)10-19-14/h3-7,10H,8-9H2,1-2H3. The Labute approximate surface area is 128 Å². The highest BCUT2D eigenvalue weighted by molar-refractivity contribution is 7.91. The molecule has 0 radical (unpaired) electrons. The normalized spacial score (nSPS) is 12.0. The van der Waals surface area contributed by atoms with E-state index in [2.05, 4.69) is 0 Å². The van der Waals surface area contributed by atoms with E-state index < -0.39 is 10.0 Å². The van der Waals surface area contributed by atoms with Gasteiger partial charge in [-0.15, -0.1) is 22.9 Å². The Morgan fingerprint density at radius 2 is 1.85 bits per heavy atom. The number of aryl methyl sites for hydroxylation is 1. The number of hydrogen-bond acceptors (Lipinski definition) is 3. The maximum Gasteiger partial charge on any atom is 0.252 e. The van der Waals surface area contributed by atoms with Crippen LogP contribution < -0.4 is 0 Å². The van der Waals surface area contributed by atoms with E-state index in [0.29, 0.717) is 16.6 Å². The molecule has 0 saturated heterocycles. The van der Waals surface area contributed by atoms with Crippen LogP contribution in [0.15, 0.2) is 39.9 Å². The van der Waals surface area contributed by atoms with E-state index in [1.165, 1.54) is 15.6 Å². The largest absolute Gasteiger partial charge is 0.252 e. The number of halogens is 1. The van der Waals surface area contributed by atoms with Gasteiger partial charge in [-0.1, -0.05) is 29.8 Å². The van der Waals surface area contributed by atoms with Crippen LogP contribution in [0.25, 0.3) is 0 Å². The molecular formula is C14H16ClNO2S2. The van der Waals surface area contributed by atoms with E-state index >= 15 is 0 Å². The van der Waals surface area contributed by atoms with Crippen LogP contribution >= 0.6 is 22.9 Å². The maximum absolute atomic E-state index is 12.4. The van der Waals surface area contributed by atoms with Gasteiger partial charge in [-0.05, 0) is 29.5 Å². The number of rotatable bonds is 5. The van der Waals surface area contributed by atoms with Crippen molar-refractivity contribution in [2.24, 2.45) is 0 Å². The molecule has 0 atom stereocenters. The molecule has 0 unspecified atom stereocenters. The predicted octanol–water partition coefficient (Wildman–Crippen LogP) is 3.62. The molecule has 1 aromatic carbocycles. The van der Waals surface area contributed by atoms with E-state index in [1.807, 2.05) is 31.2 Å². The van der Waals surface area contributed by atoms with E-state index in [4.69, 9.17) is 11.6 Å². The maximum atomic E-state index is 12.4. The molecule has 0 amide bonds. The van der Waals surface area contributed by atoms with Crippen LogP contribution in [0.2, 0.25) is 0 Å². The number of hydrogen-bond donors (Lipinski definition) is 0. The molecule has 0 saturated carbocycles. The van der Waals surface area contributed by atoms with Crippen LogP contribution in [0.1, 0.15) is 16.7 Å². The lowest BCUT2D eigenvalue weighted by Crippen LogP contribution is -2.25. The Bertz CT molecular complexity index is 677. The summed E-state index contributed by atoms with van der Waals surface area (Å²) in [7, 11) is -1.85. The van der Waals surface area contributed by atoms with Gasteiger partial charge in [0.15, 0.2) is 0 Å². The molecule has 2 aromatic rings. The SMILES string of the molecule is Cc1ccc(CN(C)S(=O)(=O)c2cc(CCl)cs2)cc1. The van der Waals surface area contributed by atoms with Gasteiger partial charge in [-0.25, -0.2) is 8.42 Å². The van der Waals surface area contributed by atoms with Crippen molar-refractivity contribution in [2.75, 3.05) is 7.05 Å². The van der Waals surface area contributed by atoms with Gasteiger partial charge in [0.25, 0.3) is 10.0 Å². The Morgan fingerprint density at radius 3 is 2.40 bits per heavy atom. The fourth-order valence-electron chi connectivity index (χ4n) is 1.75. The molecule has 0 aliphatic heterocycles. The van der Waals surface area contributed by atoms with Gasteiger partial charge in [0, 0.05) is 19.5 Å². The lowest BCUT2D eigenvalue weighted by Gasteiger charge is -2.16. The lowest BCUT2D eigenvalue weighted by atomic mass is 10.1. The third-order valence-corrected chi connectivity index (χ3v) is 6.55. The first-order chi connectivity index (χ1) is 9.43. The lowest BCUT2D eigenvalue weighted by molar-refractivity contribution is 0.468. The fourth-order valence-corrected chi connectivity index (χ4v) is 4.57. The molecule has 0 spiro atoms. The Balaban J connectivity index is 2.18. The average molecular weight is 330 g/mol. The Kier molecular flexibility index (Phi) is 4.86. The van der Waals surface area contributed by atoms with Gasteiger partial charge < -0.3 is 0 Å². The number of sulfonamides is 1. The van der Waals surface area contributed by atoms with Gasteiger partial charge in [0.1, 0.15) is 4.21 Å². The van der Waals surface area contributed by atoms with Crippen LogP contribution in [0, 0.1) is 6.92 Å². The zero-order valence-electron chi connectivity index (χ0n) is 11.3. The third-order valence-electron chi connectivity index (χ3n) is 2.97.